The summed E-state index contributed by atoms with van der Waals surface area (Å²) in [6.07, 6.45) is 5.33. The maximum atomic E-state index is 4.22. The van der Waals surface area contributed by atoms with Crippen molar-refractivity contribution in [2.24, 2.45) is 0 Å². The van der Waals surface area contributed by atoms with E-state index < -0.39 is 0 Å². The molecule has 0 N–H and O–H groups in total. The minimum Gasteiger partial charge on any atom is -0.177 e. The van der Waals surface area contributed by atoms with Crippen molar-refractivity contribution >= 4 is 17.8 Å². The summed E-state index contributed by atoms with van der Waals surface area (Å²) in [7, 11) is 0. The maximum Gasteiger partial charge on any atom is 0.100 e. The fraction of sp³-hybridized carbons (Fsp3) is 0.429. The summed E-state index contributed by atoms with van der Waals surface area (Å²) in [5.74, 6) is 0.568. The molecule has 0 bridgehead atoms. The van der Waals surface area contributed by atoms with E-state index in [2.05, 4.69) is 27.8 Å². The van der Waals surface area contributed by atoms with Gasteiger partial charge in [-0.1, -0.05) is 13.0 Å². The molecule has 0 spiro atoms. The molecule has 52 valence electrons. The SMILES string of the molecule is CC1CC=Cc2nsnc21. The Morgan fingerprint density at radius 1 is 1.60 bits per heavy atom. The molecule has 1 aliphatic rings. The van der Waals surface area contributed by atoms with Crippen molar-refractivity contribution in [3.63, 3.8) is 0 Å². The van der Waals surface area contributed by atoms with E-state index in [1.165, 1.54) is 17.4 Å². The van der Waals surface area contributed by atoms with Gasteiger partial charge in [-0.05, 0) is 12.5 Å². The lowest BCUT2D eigenvalue weighted by atomic mass is 9.97. The van der Waals surface area contributed by atoms with Gasteiger partial charge in [-0.2, -0.15) is 8.75 Å². The second kappa shape index (κ2) is 2.16. The minimum absolute atomic E-state index is 0.568. The van der Waals surface area contributed by atoms with E-state index in [-0.39, 0.29) is 0 Å². The number of nitrogens with zero attached hydrogens (tertiary/aromatic N) is 2. The lowest BCUT2D eigenvalue weighted by molar-refractivity contribution is 0.749. The molecule has 3 heteroatoms. The molecular weight excluding hydrogens is 144 g/mol. The van der Waals surface area contributed by atoms with Gasteiger partial charge in [0, 0.05) is 5.92 Å². The van der Waals surface area contributed by atoms with Gasteiger partial charge in [0.25, 0.3) is 0 Å². The third-order valence-electron chi connectivity index (χ3n) is 1.77. The second-order valence-corrected chi connectivity index (χ2v) is 3.10. The topological polar surface area (TPSA) is 25.8 Å². The van der Waals surface area contributed by atoms with E-state index in [0.29, 0.717) is 5.92 Å². The van der Waals surface area contributed by atoms with Crippen molar-refractivity contribution in [3.05, 3.63) is 17.5 Å². The first kappa shape index (κ1) is 6.04. The largest absolute Gasteiger partial charge is 0.177 e. The molecular formula is C7H8N2S. The van der Waals surface area contributed by atoms with Crippen LogP contribution in [0.4, 0.5) is 0 Å². The van der Waals surface area contributed by atoms with Crippen LogP contribution in [0.2, 0.25) is 0 Å². The fourth-order valence-electron chi connectivity index (χ4n) is 1.16. The molecule has 1 aromatic heterocycles. The first-order valence-electron chi connectivity index (χ1n) is 3.37. The van der Waals surface area contributed by atoms with Crippen LogP contribution in [0.3, 0.4) is 0 Å². The molecule has 0 amide bonds. The summed E-state index contributed by atoms with van der Waals surface area (Å²) >= 11 is 1.31. The predicted octanol–water partition coefficient (Wildman–Crippen LogP) is 2.06. The van der Waals surface area contributed by atoms with E-state index in [9.17, 15) is 0 Å². The molecule has 1 aromatic rings. The van der Waals surface area contributed by atoms with Crippen LogP contribution in [0.5, 0.6) is 0 Å². The zero-order valence-electron chi connectivity index (χ0n) is 5.74. The van der Waals surface area contributed by atoms with Crippen molar-refractivity contribution in [3.8, 4) is 0 Å². The summed E-state index contributed by atoms with van der Waals surface area (Å²) in [5, 5.41) is 0. The summed E-state index contributed by atoms with van der Waals surface area (Å²) in [4.78, 5) is 0. The third-order valence-corrected chi connectivity index (χ3v) is 2.33. The van der Waals surface area contributed by atoms with Crippen molar-refractivity contribution < 1.29 is 0 Å². The summed E-state index contributed by atoms with van der Waals surface area (Å²) in [6, 6.07) is 0. The average molecular weight is 152 g/mol. The number of hydrogen-bond acceptors (Lipinski definition) is 3. The number of rotatable bonds is 0. The van der Waals surface area contributed by atoms with Gasteiger partial charge in [-0.3, -0.25) is 0 Å². The fourth-order valence-corrected chi connectivity index (χ4v) is 1.80. The smallest absolute Gasteiger partial charge is 0.100 e. The van der Waals surface area contributed by atoms with Crippen LogP contribution in [0.15, 0.2) is 6.08 Å². The maximum absolute atomic E-state index is 4.22. The Labute approximate surface area is 63.9 Å². The molecule has 0 saturated heterocycles. The molecule has 0 aromatic carbocycles. The molecule has 1 atom stereocenters. The normalized spacial score (nSPS) is 22.7. The summed E-state index contributed by atoms with van der Waals surface area (Å²) in [6.45, 7) is 2.18. The van der Waals surface area contributed by atoms with Gasteiger partial charge in [-0.25, -0.2) is 0 Å². The Balaban J connectivity index is 2.52. The molecule has 10 heavy (non-hydrogen) atoms. The zero-order chi connectivity index (χ0) is 6.97. The van der Waals surface area contributed by atoms with Gasteiger partial charge in [0.1, 0.15) is 5.69 Å². The van der Waals surface area contributed by atoms with E-state index in [1.54, 1.807) is 0 Å². The lowest BCUT2D eigenvalue weighted by Crippen LogP contribution is -1.98. The van der Waals surface area contributed by atoms with Crippen LogP contribution in [-0.4, -0.2) is 8.75 Å². The van der Waals surface area contributed by atoms with Crippen LogP contribution in [0.25, 0.3) is 6.08 Å². The van der Waals surface area contributed by atoms with Gasteiger partial charge in [0.05, 0.1) is 17.4 Å². The van der Waals surface area contributed by atoms with Gasteiger partial charge in [0.15, 0.2) is 0 Å². The lowest BCUT2D eigenvalue weighted by Gasteiger charge is -2.09. The zero-order valence-corrected chi connectivity index (χ0v) is 6.56. The average Bonchev–Trinajstić information content (AvgIpc) is 2.36. The molecule has 1 heterocycles. The highest BCUT2D eigenvalue weighted by atomic mass is 32.1. The Kier molecular flexibility index (Phi) is 1.31. The number of fused-ring (bicyclic) bond motifs is 1. The highest BCUT2D eigenvalue weighted by molar-refractivity contribution is 6.99. The molecule has 2 rings (SSSR count). The van der Waals surface area contributed by atoms with Crippen LogP contribution in [0.1, 0.15) is 30.7 Å². The van der Waals surface area contributed by atoms with E-state index in [1.807, 2.05) is 0 Å². The molecule has 0 aliphatic heterocycles. The quantitative estimate of drug-likeness (QED) is 0.568. The summed E-state index contributed by atoms with van der Waals surface area (Å²) < 4.78 is 8.37. The molecule has 1 aliphatic carbocycles. The van der Waals surface area contributed by atoms with E-state index in [4.69, 9.17) is 0 Å². The van der Waals surface area contributed by atoms with Gasteiger partial charge in [-0.15, -0.1) is 0 Å². The third kappa shape index (κ3) is 0.778. The number of hydrogen-bond donors (Lipinski definition) is 0. The predicted molar refractivity (Wildman–Crippen MR) is 42.0 cm³/mol. The highest BCUT2D eigenvalue weighted by Gasteiger charge is 2.15. The standard InChI is InChI=1S/C7H8N2S/c1-5-3-2-4-6-7(5)9-10-8-6/h2,4-5H,3H2,1H3. The molecule has 2 nitrogen and oxygen atoms in total. The van der Waals surface area contributed by atoms with Gasteiger partial charge >= 0.3 is 0 Å². The van der Waals surface area contributed by atoms with Gasteiger partial charge < -0.3 is 0 Å². The van der Waals surface area contributed by atoms with Gasteiger partial charge in [0.2, 0.25) is 0 Å². The second-order valence-electron chi connectivity index (χ2n) is 2.57. The Morgan fingerprint density at radius 3 is 3.30 bits per heavy atom. The highest BCUT2D eigenvalue weighted by Crippen LogP contribution is 2.26. The van der Waals surface area contributed by atoms with Crippen molar-refractivity contribution in [1.29, 1.82) is 0 Å². The van der Waals surface area contributed by atoms with Crippen LogP contribution in [0, 0.1) is 0 Å². The Morgan fingerprint density at radius 2 is 2.50 bits per heavy atom. The van der Waals surface area contributed by atoms with Crippen LogP contribution >= 0.6 is 11.7 Å². The molecule has 0 fully saturated rings. The summed E-state index contributed by atoms with van der Waals surface area (Å²) in [5.41, 5.74) is 2.25. The Hall–Kier alpha value is -0.700. The van der Waals surface area contributed by atoms with Crippen molar-refractivity contribution in [2.75, 3.05) is 0 Å². The first-order valence-corrected chi connectivity index (χ1v) is 4.10. The van der Waals surface area contributed by atoms with Crippen molar-refractivity contribution in [2.45, 2.75) is 19.3 Å². The molecule has 1 unspecified atom stereocenters. The van der Waals surface area contributed by atoms with Crippen molar-refractivity contribution in [1.82, 2.24) is 8.75 Å². The number of allylic oxidation sites excluding steroid dienone is 1. The van der Waals surface area contributed by atoms with Crippen LogP contribution in [-0.2, 0) is 0 Å². The van der Waals surface area contributed by atoms with E-state index >= 15 is 0 Å². The molecule has 0 saturated carbocycles. The van der Waals surface area contributed by atoms with Crippen LogP contribution < -0.4 is 0 Å². The Bertz CT molecular complexity index is 264. The minimum atomic E-state index is 0.568. The molecule has 0 radical (unpaired) electrons. The first-order chi connectivity index (χ1) is 4.88. The number of aromatic nitrogens is 2. The monoisotopic (exact) mass is 152 g/mol. The van der Waals surface area contributed by atoms with E-state index in [0.717, 1.165) is 12.1 Å².